The lowest BCUT2D eigenvalue weighted by atomic mass is 9.96. The van der Waals surface area contributed by atoms with Gasteiger partial charge in [-0.1, -0.05) is 20.8 Å². The quantitative estimate of drug-likeness (QED) is 0.603. The van der Waals surface area contributed by atoms with Crippen LogP contribution in [0.5, 0.6) is 0 Å². The predicted octanol–water partition coefficient (Wildman–Crippen LogP) is 0.220. The van der Waals surface area contributed by atoms with Crippen molar-refractivity contribution >= 4 is 11.9 Å². The molecule has 0 radical (unpaired) electrons. The van der Waals surface area contributed by atoms with Crippen LogP contribution >= 0.6 is 0 Å². The van der Waals surface area contributed by atoms with Crippen molar-refractivity contribution in [2.24, 2.45) is 11.3 Å². The summed E-state index contributed by atoms with van der Waals surface area (Å²) in [6, 6.07) is 0. The molecular formula is C11H19N9. The fourth-order valence-electron chi connectivity index (χ4n) is 1.79. The van der Waals surface area contributed by atoms with Gasteiger partial charge >= 0.3 is 0 Å². The summed E-state index contributed by atoms with van der Waals surface area (Å²) < 4.78 is 1.46. The number of anilines is 2. The number of aromatic nitrogens is 6. The number of hydrogen-bond acceptors (Lipinski definition) is 8. The summed E-state index contributed by atoms with van der Waals surface area (Å²) in [4.78, 5) is 18.6. The molecule has 0 saturated carbocycles. The first-order valence-corrected chi connectivity index (χ1v) is 6.18. The van der Waals surface area contributed by atoms with Gasteiger partial charge in [0, 0.05) is 13.6 Å². The Balaban J connectivity index is 2.36. The summed E-state index contributed by atoms with van der Waals surface area (Å²) in [5.74, 6) is 6.56. The van der Waals surface area contributed by atoms with Crippen LogP contribution in [0.2, 0.25) is 0 Å². The van der Waals surface area contributed by atoms with Crippen LogP contribution in [-0.4, -0.2) is 43.3 Å². The highest BCUT2D eigenvalue weighted by atomic mass is 15.4. The van der Waals surface area contributed by atoms with E-state index in [2.05, 4.69) is 51.2 Å². The van der Waals surface area contributed by atoms with Crippen LogP contribution in [0.4, 0.5) is 11.9 Å². The lowest BCUT2D eigenvalue weighted by Gasteiger charge is -2.26. The van der Waals surface area contributed by atoms with Gasteiger partial charge in [-0.05, 0) is 5.41 Å². The molecule has 0 aliphatic rings. The molecule has 20 heavy (non-hydrogen) atoms. The Morgan fingerprint density at radius 3 is 2.60 bits per heavy atom. The first-order valence-electron chi connectivity index (χ1n) is 6.18. The smallest absolute Gasteiger partial charge is 0.258 e. The van der Waals surface area contributed by atoms with Crippen molar-refractivity contribution in [3.63, 3.8) is 0 Å². The first kappa shape index (κ1) is 14.1. The average Bonchev–Trinajstić information content (AvgIpc) is 2.90. The van der Waals surface area contributed by atoms with Crippen molar-refractivity contribution in [2.45, 2.75) is 20.8 Å². The summed E-state index contributed by atoms with van der Waals surface area (Å²) in [5.41, 5.74) is 2.55. The normalized spacial score (nSPS) is 11.4. The van der Waals surface area contributed by atoms with E-state index in [1.165, 1.54) is 17.3 Å². The zero-order valence-corrected chi connectivity index (χ0v) is 12.1. The Labute approximate surface area is 117 Å². The summed E-state index contributed by atoms with van der Waals surface area (Å²) in [6.07, 6.45) is 2.93. The van der Waals surface area contributed by atoms with Gasteiger partial charge in [0.15, 0.2) is 0 Å². The Bertz CT molecular complexity index is 558. The summed E-state index contributed by atoms with van der Waals surface area (Å²) in [6.45, 7) is 7.22. The molecule has 0 aromatic carbocycles. The summed E-state index contributed by atoms with van der Waals surface area (Å²) >= 11 is 0. The Morgan fingerprint density at radius 2 is 2.05 bits per heavy atom. The number of rotatable bonds is 4. The van der Waals surface area contributed by atoms with Crippen molar-refractivity contribution < 1.29 is 0 Å². The highest BCUT2D eigenvalue weighted by Gasteiger charge is 2.17. The van der Waals surface area contributed by atoms with Crippen molar-refractivity contribution in [3.8, 4) is 5.95 Å². The molecule has 0 atom stereocenters. The van der Waals surface area contributed by atoms with Crippen LogP contribution < -0.4 is 16.2 Å². The average molecular weight is 277 g/mol. The van der Waals surface area contributed by atoms with Gasteiger partial charge in [0.1, 0.15) is 12.7 Å². The second kappa shape index (κ2) is 5.37. The maximum atomic E-state index is 5.40. The third-order valence-corrected chi connectivity index (χ3v) is 2.42. The zero-order chi connectivity index (χ0) is 14.8. The molecule has 3 N–H and O–H groups in total. The van der Waals surface area contributed by atoms with Gasteiger partial charge in [-0.15, -0.1) is 0 Å². The molecule has 0 fully saturated rings. The van der Waals surface area contributed by atoms with E-state index in [0.29, 0.717) is 11.9 Å². The topological polar surface area (TPSA) is 111 Å². The number of nitrogens with one attached hydrogen (secondary N) is 1. The van der Waals surface area contributed by atoms with Gasteiger partial charge in [0.05, 0.1) is 0 Å². The number of nitrogens with two attached hydrogens (primary N) is 1. The molecule has 2 heterocycles. The molecule has 2 aromatic heterocycles. The molecule has 0 aliphatic heterocycles. The van der Waals surface area contributed by atoms with Crippen LogP contribution in [0, 0.1) is 5.41 Å². The third-order valence-electron chi connectivity index (χ3n) is 2.42. The minimum atomic E-state index is 0.116. The third kappa shape index (κ3) is 3.38. The molecule has 0 bridgehead atoms. The molecule has 9 nitrogen and oxygen atoms in total. The van der Waals surface area contributed by atoms with E-state index >= 15 is 0 Å². The maximum Gasteiger partial charge on any atom is 0.258 e. The Hall–Kier alpha value is -2.29. The number of nitrogens with zero attached hydrogens (tertiary/aromatic N) is 7. The minimum Gasteiger partial charge on any atom is -0.343 e. The number of nitrogen functional groups attached to an aromatic ring is 1. The molecule has 0 unspecified atom stereocenters. The fourth-order valence-corrected chi connectivity index (χ4v) is 1.79. The standard InChI is InChI=1S/C11H19N9/c1-11(2,3)5-19(4)9-15-8(18-12)16-10(17-9)20-7-13-6-14-20/h6-7H,5,12H2,1-4H3,(H,15,16,17,18). The fraction of sp³-hybridized carbons (Fsp3) is 0.545. The van der Waals surface area contributed by atoms with Crippen molar-refractivity contribution in [3.05, 3.63) is 12.7 Å². The predicted molar refractivity (Wildman–Crippen MR) is 75.3 cm³/mol. The molecule has 0 saturated heterocycles. The van der Waals surface area contributed by atoms with E-state index in [9.17, 15) is 0 Å². The van der Waals surface area contributed by atoms with Crippen molar-refractivity contribution in [1.82, 2.24) is 29.7 Å². The van der Waals surface area contributed by atoms with Crippen LogP contribution in [0.15, 0.2) is 12.7 Å². The summed E-state index contributed by atoms with van der Waals surface area (Å²) in [7, 11) is 1.92. The molecule has 2 aromatic rings. The van der Waals surface area contributed by atoms with E-state index in [4.69, 9.17) is 5.84 Å². The van der Waals surface area contributed by atoms with E-state index < -0.39 is 0 Å². The van der Waals surface area contributed by atoms with Gasteiger partial charge in [0.25, 0.3) is 5.95 Å². The van der Waals surface area contributed by atoms with Crippen molar-refractivity contribution in [1.29, 1.82) is 0 Å². The second-order valence-corrected chi connectivity index (χ2v) is 5.66. The highest BCUT2D eigenvalue weighted by Crippen LogP contribution is 2.18. The van der Waals surface area contributed by atoms with Crippen LogP contribution in [-0.2, 0) is 0 Å². The largest absolute Gasteiger partial charge is 0.343 e. The number of hydrazine groups is 1. The second-order valence-electron chi connectivity index (χ2n) is 5.66. The van der Waals surface area contributed by atoms with Crippen LogP contribution in [0.1, 0.15) is 20.8 Å². The van der Waals surface area contributed by atoms with E-state index in [1.807, 2.05) is 11.9 Å². The molecular weight excluding hydrogens is 258 g/mol. The highest BCUT2D eigenvalue weighted by molar-refractivity contribution is 5.38. The maximum absolute atomic E-state index is 5.40. The monoisotopic (exact) mass is 277 g/mol. The SMILES string of the molecule is CN(CC(C)(C)C)c1nc(NN)nc(-n2cncn2)n1. The van der Waals surface area contributed by atoms with Crippen LogP contribution in [0.3, 0.4) is 0 Å². The Kier molecular flexibility index (Phi) is 3.79. The lowest BCUT2D eigenvalue weighted by Crippen LogP contribution is -2.31. The molecule has 108 valence electrons. The molecule has 9 heteroatoms. The molecule has 0 spiro atoms. The van der Waals surface area contributed by atoms with E-state index in [-0.39, 0.29) is 11.4 Å². The van der Waals surface area contributed by atoms with E-state index in [0.717, 1.165) is 6.54 Å². The lowest BCUT2D eigenvalue weighted by molar-refractivity contribution is 0.416. The molecule has 0 aliphatic carbocycles. The van der Waals surface area contributed by atoms with Gasteiger partial charge in [-0.25, -0.2) is 10.8 Å². The van der Waals surface area contributed by atoms with Crippen LogP contribution in [0.25, 0.3) is 5.95 Å². The first-order chi connectivity index (χ1) is 9.39. The summed E-state index contributed by atoms with van der Waals surface area (Å²) in [5, 5.41) is 4.00. The zero-order valence-electron chi connectivity index (χ0n) is 12.1. The van der Waals surface area contributed by atoms with E-state index in [1.54, 1.807) is 0 Å². The Morgan fingerprint density at radius 1 is 1.30 bits per heavy atom. The number of hydrogen-bond donors (Lipinski definition) is 2. The van der Waals surface area contributed by atoms with Crippen molar-refractivity contribution in [2.75, 3.05) is 23.9 Å². The van der Waals surface area contributed by atoms with Gasteiger partial charge in [0.2, 0.25) is 11.9 Å². The molecule has 2 rings (SSSR count). The van der Waals surface area contributed by atoms with Gasteiger partial charge in [-0.3, -0.25) is 5.43 Å². The van der Waals surface area contributed by atoms with Gasteiger partial charge < -0.3 is 4.90 Å². The van der Waals surface area contributed by atoms with Gasteiger partial charge in [-0.2, -0.15) is 24.7 Å². The molecule has 0 amide bonds. The minimum absolute atomic E-state index is 0.116.